The van der Waals surface area contributed by atoms with Gasteiger partial charge >= 0.3 is 5.97 Å². The van der Waals surface area contributed by atoms with E-state index in [4.69, 9.17) is 4.74 Å². The van der Waals surface area contributed by atoms with Crippen molar-refractivity contribution in [1.82, 2.24) is 0 Å². The number of nitro groups is 1. The molecule has 0 unspecified atom stereocenters. The number of nitro benzene ring substituents is 1. The average Bonchev–Trinajstić information content (AvgIpc) is 2.34. The molecule has 110 valence electrons. The summed E-state index contributed by atoms with van der Waals surface area (Å²) in [5.41, 5.74) is -0.0162. The van der Waals surface area contributed by atoms with Gasteiger partial charge < -0.3 is 4.74 Å². The topological polar surface area (TPSA) is 113 Å². The number of hydrogen-bond donors (Lipinski definition) is 0. The quantitative estimate of drug-likeness (QED) is 0.335. The minimum absolute atomic E-state index is 0.127. The van der Waals surface area contributed by atoms with Crippen molar-refractivity contribution < 1.29 is 27.1 Å². The molecule has 0 saturated carbocycles. The number of carbonyl (C=O) groups excluding carboxylic acids is 1. The second-order valence-corrected chi connectivity index (χ2v) is 5.61. The predicted octanol–water partition coefficient (Wildman–Crippen LogP) is 1.12. The summed E-state index contributed by atoms with van der Waals surface area (Å²) in [6, 6.07) is 4.85. The zero-order valence-electron chi connectivity index (χ0n) is 10.8. The molecule has 1 rings (SSSR count). The summed E-state index contributed by atoms with van der Waals surface area (Å²) in [4.78, 5) is 21.5. The molecular weight excluding hydrogens is 290 g/mol. The van der Waals surface area contributed by atoms with Crippen LogP contribution in [0.4, 0.5) is 5.69 Å². The van der Waals surface area contributed by atoms with Gasteiger partial charge in [0.15, 0.2) is 0 Å². The monoisotopic (exact) mass is 303 g/mol. The maximum absolute atomic E-state index is 11.6. The highest BCUT2D eigenvalue weighted by Gasteiger charge is 2.15. The molecule has 1 aromatic carbocycles. The molecule has 0 fully saturated rings. The number of carbonyl (C=O) groups is 1. The van der Waals surface area contributed by atoms with Gasteiger partial charge in [0, 0.05) is 12.1 Å². The summed E-state index contributed by atoms with van der Waals surface area (Å²) in [6.07, 6.45) is 0.0776. The van der Waals surface area contributed by atoms with Crippen LogP contribution in [0.25, 0.3) is 0 Å². The van der Waals surface area contributed by atoms with Crippen LogP contribution in [0.2, 0.25) is 0 Å². The van der Waals surface area contributed by atoms with Crippen molar-refractivity contribution in [2.45, 2.75) is 13.0 Å². The summed E-state index contributed by atoms with van der Waals surface area (Å²) in [7, 11) is -3.62. The molecule has 1 aromatic rings. The Morgan fingerprint density at radius 3 is 2.35 bits per heavy atom. The van der Waals surface area contributed by atoms with Gasteiger partial charge in [-0.15, -0.1) is 0 Å². The van der Waals surface area contributed by atoms with E-state index in [2.05, 4.69) is 4.18 Å². The van der Waals surface area contributed by atoms with Crippen molar-refractivity contribution in [1.29, 1.82) is 0 Å². The van der Waals surface area contributed by atoms with Gasteiger partial charge in [0.2, 0.25) is 0 Å². The summed E-state index contributed by atoms with van der Waals surface area (Å²) in [5.74, 6) is -0.719. The van der Waals surface area contributed by atoms with Gasteiger partial charge in [-0.1, -0.05) is 0 Å². The molecule has 0 N–H and O–H groups in total. The molecule has 0 aliphatic carbocycles. The molecule has 0 amide bonds. The Balaban J connectivity index is 2.57. The van der Waals surface area contributed by atoms with Crippen molar-refractivity contribution in [3.63, 3.8) is 0 Å². The fourth-order valence-electron chi connectivity index (χ4n) is 1.32. The van der Waals surface area contributed by atoms with E-state index < -0.39 is 27.1 Å². The minimum atomic E-state index is -3.62. The maximum atomic E-state index is 11.6. The van der Waals surface area contributed by atoms with Gasteiger partial charge in [0.05, 0.1) is 16.7 Å². The molecule has 0 heterocycles. The smallest absolute Gasteiger partial charge is 0.338 e. The number of non-ortho nitro benzene ring substituents is 1. The molecule has 0 aromatic heterocycles. The molecular formula is C11H13NO7S. The van der Waals surface area contributed by atoms with Crippen molar-refractivity contribution in [3.8, 4) is 0 Å². The second kappa shape index (κ2) is 6.44. The Labute approximate surface area is 115 Å². The lowest BCUT2D eigenvalue weighted by molar-refractivity contribution is -0.384. The van der Waals surface area contributed by atoms with Crippen LogP contribution < -0.4 is 0 Å². The lowest BCUT2D eigenvalue weighted by atomic mass is 10.2. The van der Waals surface area contributed by atoms with E-state index in [9.17, 15) is 23.3 Å². The van der Waals surface area contributed by atoms with Gasteiger partial charge in [-0.05, 0) is 19.1 Å². The van der Waals surface area contributed by atoms with E-state index in [1.54, 1.807) is 0 Å². The highest BCUT2D eigenvalue weighted by Crippen LogP contribution is 2.12. The summed E-state index contributed by atoms with van der Waals surface area (Å²) in [5, 5.41) is 10.4. The van der Waals surface area contributed by atoms with E-state index >= 15 is 0 Å². The number of benzene rings is 1. The molecule has 0 radical (unpaired) electrons. The lowest BCUT2D eigenvalue weighted by Gasteiger charge is -2.11. The minimum Gasteiger partial charge on any atom is -0.459 e. The van der Waals surface area contributed by atoms with Gasteiger partial charge in [-0.3, -0.25) is 14.3 Å². The number of nitrogens with zero attached hydrogens (tertiary/aromatic N) is 1. The van der Waals surface area contributed by atoms with Crippen LogP contribution in [0.15, 0.2) is 24.3 Å². The zero-order chi connectivity index (χ0) is 15.3. The first-order chi connectivity index (χ1) is 9.19. The Hall–Kier alpha value is -2.00. The van der Waals surface area contributed by atoms with E-state index in [-0.39, 0.29) is 17.9 Å². The standard InChI is InChI=1S/C11H13NO7S/c1-8(19-20(2,16)17)7-18-11(13)9-3-5-10(6-4-9)12(14)15/h3-6,8H,7H2,1-2H3/t8-/m1/s1. The van der Waals surface area contributed by atoms with E-state index in [1.165, 1.54) is 31.2 Å². The number of hydrogen-bond acceptors (Lipinski definition) is 7. The van der Waals surface area contributed by atoms with Crippen molar-refractivity contribution in [2.75, 3.05) is 12.9 Å². The van der Waals surface area contributed by atoms with Crippen LogP contribution in [-0.4, -0.2) is 38.3 Å². The third kappa shape index (κ3) is 5.33. The summed E-state index contributed by atoms with van der Waals surface area (Å²) >= 11 is 0. The van der Waals surface area contributed by atoms with Crippen LogP contribution in [-0.2, 0) is 19.0 Å². The number of ether oxygens (including phenoxy) is 1. The van der Waals surface area contributed by atoms with E-state index in [1.807, 2.05) is 0 Å². The Morgan fingerprint density at radius 1 is 1.35 bits per heavy atom. The van der Waals surface area contributed by atoms with Crippen LogP contribution in [0.3, 0.4) is 0 Å². The fourth-order valence-corrected chi connectivity index (χ4v) is 1.97. The SMILES string of the molecule is C[C@H](COC(=O)c1ccc([N+](=O)[O-])cc1)OS(C)(=O)=O. The highest BCUT2D eigenvalue weighted by atomic mass is 32.2. The molecule has 20 heavy (non-hydrogen) atoms. The van der Waals surface area contributed by atoms with Crippen LogP contribution in [0, 0.1) is 10.1 Å². The normalized spacial score (nSPS) is 12.7. The first-order valence-corrected chi connectivity index (χ1v) is 7.30. The molecule has 0 aliphatic rings. The van der Waals surface area contributed by atoms with Crippen LogP contribution in [0.5, 0.6) is 0 Å². The molecule has 0 aliphatic heterocycles. The molecule has 0 bridgehead atoms. The van der Waals surface area contributed by atoms with Crippen LogP contribution >= 0.6 is 0 Å². The lowest BCUT2D eigenvalue weighted by Crippen LogP contribution is -2.21. The van der Waals surface area contributed by atoms with Crippen molar-refractivity contribution >= 4 is 21.8 Å². The number of esters is 1. The van der Waals surface area contributed by atoms with Crippen LogP contribution in [0.1, 0.15) is 17.3 Å². The number of rotatable bonds is 6. The first kappa shape index (κ1) is 16.1. The average molecular weight is 303 g/mol. The molecule has 0 spiro atoms. The molecule has 1 atom stereocenters. The van der Waals surface area contributed by atoms with Crippen molar-refractivity contribution in [3.05, 3.63) is 39.9 Å². The van der Waals surface area contributed by atoms with E-state index in [0.29, 0.717) is 0 Å². The molecule has 0 saturated heterocycles. The third-order valence-electron chi connectivity index (χ3n) is 2.10. The van der Waals surface area contributed by atoms with E-state index in [0.717, 1.165) is 6.26 Å². The maximum Gasteiger partial charge on any atom is 0.338 e. The Morgan fingerprint density at radius 2 is 1.90 bits per heavy atom. The highest BCUT2D eigenvalue weighted by molar-refractivity contribution is 7.86. The predicted molar refractivity (Wildman–Crippen MR) is 68.8 cm³/mol. The third-order valence-corrected chi connectivity index (χ3v) is 2.78. The summed E-state index contributed by atoms with van der Waals surface area (Å²) in [6.45, 7) is 1.19. The largest absolute Gasteiger partial charge is 0.459 e. The van der Waals surface area contributed by atoms with Gasteiger partial charge in [-0.25, -0.2) is 4.79 Å². The van der Waals surface area contributed by atoms with Gasteiger partial charge in [0.25, 0.3) is 15.8 Å². The second-order valence-electron chi connectivity index (χ2n) is 4.01. The Bertz CT molecular complexity index is 594. The van der Waals surface area contributed by atoms with Gasteiger partial charge in [-0.2, -0.15) is 8.42 Å². The Kier molecular flexibility index (Phi) is 5.17. The summed E-state index contributed by atoms with van der Waals surface area (Å²) < 4.78 is 31.1. The van der Waals surface area contributed by atoms with Crippen molar-refractivity contribution in [2.24, 2.45) is 0 Å². The molecule has 8 nitrogen and oxygen atoms in total. The van der Waals surface area contributed by atoms with Gasteiger partial charge in [0.1, 0.15) is 12.7 Å². The fraction of sp³-hybridized carbons (Fsp3) is 0.364. The molecule has 9 heteroatoms. The zero-order valence-corrected chi connectivity index (χ0v) is 11.6. The first-order valence-electron chi connectivity index (χ1n) is 5.49.